The number of carbonyl (C=O) groups excluding carboxylic acids is 3. The summed E-state index contributed by atoms with van der Waals surface area (Å²) in [5.41, 5.74) is 0.467. The van der Waals surface area contributed by atoms with Crippen LogP contribution in [-0.2, 0) is 25.7 Å². The van der Waals surface area contributed by atoms with Crippen molar-refractivity contribution >= 4 is 41.0 Å². The Morgan fingerprint density at radius 3 is 2.64 bits per heavy atom. The lowest BCUT2D eigenvalue weighted by Crippen LogP contribution is -2.53. The van der Waals surface area contributed by atoms with Gasteiger partial charge in [-0.2, -0.15) is 0 Å². The second kappa shape index (κ2) is 12.0. The third-order valence-electron chi connectivity index (χ3n) is 8.05. The average Bonchev–Trinajstić information content (AvgIpc) is 3.10. The summed E-state index contributed by atoms with van der Waals surface area (Å²) in [6.45, 7) is 0.858. The molecule has 8 heteroatoms. The number of hydrogen-bond donors (Lipinski definition) is 1. The molecule has 1 saturated heterocycles. The number of likely N-dealkylation sites (tertiary alicyclic amines) is 1. The lowest BCUT2D eigenvalue weighted by atomic mass is 9.69. The van der Waals surface area contributed by atoms with Crippen LogP contribution >= 0.6 is 23.2 Å². The first-order valence-corrected chi connectivity index (χ1v) is 13.9. The fourth-order valence-electron chi connectivity index (χ4n) is 6.13. The zero-order valence-corrected chi connectivity index (χ0v) is 22.5. The number of esters is 1. The van der Waals surface area contributed by atoms with Crippen LogP contribution in [-0.4, -0.2) is 36.3 Å². The van der Waals surface area contributed by atoms with E-state index in [1.54, 1.807) is 23.1 Å². The molecule has 1 N–H and O–H groups in total. The monoisotopic (exact) mass is 534 g/mol. The average molecular weight is 536 g/mol. The van der Waals surface area contributed by atoms with Crippen molar-refractivity contribution in [1.29, 1.82) is 0 Å². The van der Waals surface area contributed by atoms with Crippen molar-refractivity contribution in [1.82, 2.24) is 10.2 Å². The highest BCUT2D eigenvalue weighted by Crippen LogP contribution is 2.50. The normalized spacial score (nSPS) is 25.0. The minimum Gasteiger partial charge on any atom is -0.468 e. The standard InChI is InChI=1S/C28H36Cl2N2O4/c1-36-27(35)28-13-7-3-6-10-24(28)32(18-20-11-12-22(29)15-23(20)30)26(34)21(16-28)14-25(33)31-17-19-8-4-2-5-9-19/h10-12,15,19,21H,2-9,13-14,16-18H2,1H3,(H,31,33)/t21-,28+/m1/s1. The number of methoxy groups -OCH3 is 1. The molecule has 1 aliphatic heterocycles. The molecule has 2 atom stereocenters. The Morgan fingerprint density at radius 1 is 1.14 bits per heavy atom. The van der Waals surface area contributed by atoms with E-state index >= 15 is 0 Å². The van der Waals surface area contributed by atoms with E-state index in [-0.39, 0.29) is 37.2 Å². The summed E-state index contributed by atoms with van der Waals surface area (Å²) < 4.78 is 5.30. The van der Waals surface area contributed by atoms with E-state index in [1.165, 1.54) is 26.4 Å². The number of allylic oxidation sites excluding steroid dienone is 1. The molecule has 1 aromatic carbocycles. The van der Waals surface area contributed by atoms with Crippen molar-refractivity contribution < 1.29 is 19.1 Å². The lowest BCUT2D eigenvalue weighted by Gasteiger charge is -2.46. The minimum absolute atomic E-state index is 0.0580. The third kappa shape index (κ3) is 5.91. The van der Waals surface area contributed by atoms with Crippen molar-refractivity contribution in [3.05, 3.63) is 45.6 Å². The zero-order valence-electron chi connectivity index (χ0n) is 21.0. The Labute approximate surface area is 223 Å². The summed E-state index contributed by atoms with van der Waals surface area (Å²) >= 11 is 12.6. The Kier molecular flexibility index (Phi) is 9.00. The molecule has 0 bridgehead atoms. The van der Waals surface area contributed by atoms with Crippen molar-refractivity contribution in [2.45, 2.75) is 77.2 Å². The maximum Gasteiger partial charge on any atom is 0.317 e. The number of rotatable bonds is 7. The zero-order chi connectivity index (χ0) is 25.7. The molecule has 2 aliphatic carbocycles. The van der Waals surface area contributed by atoms with Crippen LogP contribution in [0.15, 0.2) is 30.0 Å². The van der Waals surface area contributed by atoms with Gasteiger partial charge in [0.1, 0.15) is 5.41 Å². The number of hydrogen-bond acceptors (Lipinski definition) is 4. The molecule has 2 fully saturated rings. The highest BCUT2D eigenvalue weighted by Gasteiger charge is 2.53. The van der Waals surface area contributed by atoms with Gasteiger partial charge in [0.2, 0.25) is 11.8 Å². The molecular formula is C28H36Cl2N2O4. The minimum atomic E-state index is -0.952. The quantitative estimate of drug-likeness (QED) is 0.432. The molecule has 1 saturated carbocycles. The molecule has 6 nitrogen and oxygen atoms in total. The van der Waals surface area contributed by atoms with Gasteiger partial charge in [-0.1, -0.05) is 61.0 Å². The first kappa shape index (κ1) is 27.0. The number of nitrogens with zero attached hydrogens (tertiary/aromatic N) is 1. The molecule has 196 valence electrons. The van der Waals surface area contributed by atoms with E-state index in [0.717, 1.165) is 37.7 Å². The smallest absolute Gasteiger partial charge is 0.317 e. The van der Waals surface area contributed by atoms with Crippen LogP contribution < -0.4 is 5.32 Å². The number of piperidine rings is 1. The van der Waals surface area contributed by atoms with E-state index in [2.05, 4.69) is 5.32 Å². The number of benzene rings is 1. The molecule has 3 aliphatic rings. The molecule has 2 amide bonds. The fourth-order valence-corrected chi connectivity index (χ4v) is 6.60. The van der Waals surface area contributed by atoms with Crippen molar-refractivity contribution in [3.8, 4) is 0 Å². The second-order valence-corrected chi connectivity index (χ2v) is 11.3. The van der Waals surface area contributed by atoms with Gasteiger partial charge in [-0.05, 0) is 62.1 Å². The number of ether oxygens (including phenoxy) is 1. The SMILES string of the molecule is COC(=O)[C@]12CCCCC=C1N(Cc1ccc(Cl)cc1Cl)C(=O)[C@H](CC(=O)NCC1CCCCC1)C2. The molecule has 0 radical (unpaired) electrons. The molecular weight excluding hydrogens is 499 g/mol. The lowest BCUT2D eigenvalue weighted by molar-refractivity contribution is -0.160. The van der Waals surface area contributed by atoms with Crippen LogP contribution in [0, 0.1) is 17.3 Å². The van der Waals surface area contributed by atoms with Crippen LogP contribution in [0.5, 0.6) is 0 Å². The van der Waals surface area contributed by atoms with Crippen molar-refractivity contribution in [2.24, 2.45) is 17.3 Å². The topological polar surface area (TPSA) is 75.7 Å². The van der Waals surface area contributed by atoms with E-state index in [4.69, 9.17) is 27.9 Å². The largest absolute Gasteiger partial charge is 0.468 e. The summed E-state index contributed by atoms with van der Waals surface area (Å²) in [5.74, 6) is -0.739. The maximum atomic E-state index is 13.9. The van der Waals surface area contributed by atoms with Crippen molar-refractivity contribution in [2.75, 3.05) is 13.7 Å². The van der Waals surface area contributed by atoms with Gasteiger partial charge in [-0.3, -0.25) is 14.4 Å². The summed E-state index contributed by atoms with van der Waals surface area (Å²) in [7, 11) is 1.39. The number of halogens is 2. The van der Waals surface area contributed by atoms with Gasteiger partial charge in [0.15, 0.2) is 0 Å². The Hall–Kier alpha value is -2.05. The van der Waals surface area contributed by atoms with Gasteiger partial charge < -0.3 is 15.0 Å². The Balaban J connectivity index is 1.60. The summed E-state index contributed by atoms with van der Waals surface area (Å²) in [6, 6.07) is 5.19. The third-order valence-corrected chi connectivity index (χ3v) is 8.64. The van der Waals surface area contributed by atoms with Crippen LogP contribution in [0.1, 0.15) is 76.2 Å². The van der Waals surface area contributed by atoms with Crippen LogP contribution in [0.4, 0.5) is 0 Å². The van der Waals surface area contributed by atoms with Crippen LogP contribution in [0.3, 0.4) is 0 Å². The number of fused-ring (bicyclic) bond motifs is 1. The van der Waals surface area contributed by atoms with Gasteiger partial charge in [0.05, 0.1) is 13.7 Å². The van der Waals surface area contributed by atoms with Crippen LogP contribution in [0.25, 0.3) is 0 Å². The molecule has 1 aromatic rings. The van der Waals surface area contributed by atoms with Gasteiger partial charge in [0.25, 0.3) is 0 Å². The number of carbonyl (C=O) groups is 3. The predicted octanol–water partition coefficient (Wildman–Crippen LogP) is 6.05. The summed E-state index contributed by atoms with van der Waals surface area (Å²) in [5, 5.41) is 4.04. The fraction of sp³-hybridized carbons (Fsp3) is 0.607. The molecule has 1 heterocycles. The van der Waals surface area contributed by atoms with Crippen molar-refractivity contribution in [3.63, 3.8) is 0 Å². The summed E-state index contributed by atoms with van der Waals surface area (Å²) in [6.07, 6.45) is 11.4. The first-order chi connectivity index (χ1) is 17.3. The van der Waals surface area contributed by atoms with Gasteiger partial charge in [0, 0.05) is 34.6 Å². The molecule has 0 unspecified atom stereocenters. The van der Waals surface area contributed by atoms with E-state index < -0.39 is 11.3 Å². The molecule has 4 rings (SSSR count). The van der Waals surface area contributed by atoms with Gasteiger partial charge in [-0.15, -0.1) is 0 Å². The maximum absolute atomic E-state index is 13.9. The van der Waals surface area contributed by atoms with E-state index in [1.807, 2.05) is 6.08 Å². The summed E-state index contributed by atoms with van der Waals surface area (Å²) in [4.78, 5) is 41.8. The van der Waals surface area contributed by atoms with E-state index in [9.17, 15) is 14.4 Å². The van der Waals surface area contributed by atoms with Crippen LogP contribution in [0.2, 0.25) is 10.0 Å². The first-order valence-electron chi connectivity index (χ1n) is 13.1. The second-order valence-electron chi connectivity index (χ2n) is 10.5. The number of amides is 2. The number of nitrogens with one attached hydrogen (secondary N) is 1. The Morgan fingerprint density at radius 2 is 1.92 bits per heavy atom. The van der Waals surface area contributed by atoms with Gasteiger partial charge >= 0.3 is 5.97 Å². The molecule has 36 heavy (non-hydrogen) atoms. The molecule has 0 aromatic heterocycles. The predicted molar refractivity (Wildman–Crippen MR) is 140 cm³/mol. The van der Waals surface area contributed by atoms with E-state index in [0.29, 0.717) is 34.6 Å². The Bertz CT molecular complexity index is 1020. The van der Waals surface area contributed by atoms with Gasteiger partial charge in [-0.25, -0.2) is 0 Å². The highest BCUT2D eigenvalue weighted by molar-refractivity contribution is 6.35. The highest BCUT2D eigenvalue weighted by atomic mass is 35.5. The molecule has 0 spiro atoms.